The summed E-state index contributed by atoms with van der Waals surface area (Å²) in [6.07, 6.45) is 23.3. The number of hydrogen-bond acceptors (Lipinski definition) is 0. The highest BCUT2D eigenvalue weighted by molar-refractivity contribution is 4.93. The summed E-state index contributed by atoms with van der Waals surface area (Å²) in [5.74, 6) is 6.54. The van der Waals surface area contributed by atoms with Crippen LogP contribution in [-0.2, 0) is 0 Å². The van der Waals surface area contributed by atoms with Gasteiger partial charge in [-0.3, -0.25) is 0 Å². The van der Waals surface area contributed by atoms with Gasteiger partial charge >= 0.3 is 0 Å². The first kappa shape index (κ1) is 17.4. The summed E-state index contributed by atoms with van der Waals surface area (Å²) >= 11 is 0. The van der Waals surface area contributed by atoms with Gasteiger partial charge in [-0.25, -0.2) is 0 Å². The molecule has 4 saturated carbocycles. The summed E-state index contributed by atoms with van der Waals surface area (Å²) in [6, 6.07) is 0. The molecule has 0 aromatic heterocycles. The molecule has 0 aromatic rings. The van der Waals surface area contributed by atoms with Crippen molar-refractivity contribution in [3.8, 4) is 0 Å². The third kappa shape index (κ3) is 3.59. The van der Waals surface area contributed by atoms with Crippen molar-refractivity contribution in [2.24, 2.45) is 40.9 Å². The fourth-order valence-corrected chi connectivity index (χ4v) is 7.75. The minimum atomic E-state index is 0.604. The molecule has 0 aromatic carbocycles. The summed E-state index contributed by atoms with van der Waals surface area (Å²) in [5, 5.41) is 0. The molecule has 0 spiro atoms. The first-order chi connectivity index (χ1) is 11.6. The van der Waals surface area contributed by atoms with Gasteiger partial charge in [0.2, 0.25) is 0 Å². The molecule has 0 aliphatic heterocycles. The molecule has 4 rings (SSSR count). The predicted octanol–water partition coefficient (Wildman–Crippen LogP) is 7.62. The van der Waals surface area contributed by atoms with Crippen molar-refractivity contribution in [2.45, 2.75) is 110 Å². The molecule has 4 fully saturated rings. The highest BCUT2D eigenvalue weighted by atomic mass is 14.5. The van der Waals surface area contributed by atoms with Crippen LogP contribution in [0.2, 0.25) is 0 Å². The SMILES string of the molecule is CC(C)(CC1CCCC2CCCCC21)C1CCC2CCCCC2C1. The van der Waals surface area contributed by atoms with Crippen molar-refractivity contribution in [1.82, 2.24) is 0 Å². The third-order valence-corrected chi connectivity index (χ3v) is 9.16. The van der Waals surface area contributed by atoms with Crippen LogP contribution < -0.4 is 0 Å². The molecule has 6 unspecified atom stereocenters. The smallest absolute Gasteiger partial charge is 0.0323 e. The Morgan fingerprint density at radius 3 is 2.12 bits per heavy atom. The number of rotatable bonds is 3. The Hall–Kier alpha value is 0. The standard InChI is InChI=1S/C24H42/c1-24(2,22-15-14-18-8-3-4-10-20(18)16-22)17-21-12-7-11-19-9-5-6-13-23(19)21/h18-23H,3-17H2,1-2H3. The molecule has 138 valence electrons. The maximum atomic E-state index is 2.66. The summed E-state index contributed by atoms with van der Waals surface area (Å²) in [5.41, 5.74) is 0.604. The first-order valence-electron chi connectivity index (χ1n) is 11.6. The Bertz CT molecular complexity index is 406. The lowest BCUT2D eigenvalue weighted by atomic mass is 9.56. The van der Waals surface area contributed by atoms with Gasteiger partial charge in [0.15, 0.2) is 0 Å². The average molecular weight is 331 g/mol. The van der Waals surface area contributed by atoms with E-state index in [4.69, 9.17) is 0 Å². The molecule has 0 heterocycles. The van der Waals surface area contributed by atoms with Gasteiger partial charge in [-0.2, -0.15) is 0 Å². The second kappa shape index (κ2) is 7.32. The van der Waals surface area contributed by atoms with Crippen LogP contribution >= 0.6 is 0 Å². The normalized spacial score (nSPS) is 43.8. The van der Waals surface area contributed by atoms with Crippen LogP contribution in [0, 0.1) is 40.9 Å². The summed E-state index contributed by atoms with van der Waals surface area (Å²) in [7, 11) is 0. The summed E-state index contributed by atoms with van der Waals surface area (Å²) in [6.45, 7) is 5.32. The Labute approximate surface area is 151 Å². The fraction of sp³-hybridized carbons (Fsp3) is 1.00. The lowest BCUT2D eigenvalue weighted by Crippen LogP contribution is -2.39. The molecule has 0 nitrogen and oxygen atoms in total. The summed E-state index contributed by atoms with van der Waals surface area (Å²) in [4.78, 5) is 0. The molecular weight excluding hydrogens is 288 g/mol. The van der Waals surface area contributed by atoms with Gasteiger partial charge in [0, 0.05) is 0 Å². The number of fused-ring (bicyclic) bond motifs is 2. The minimum Gasteiger partial charge on any atom is -0.0596 e. The first-order valence-corrected chi connectivity index (χ1v) is 11.6. The molecule has 0 radical (unpaired) electrons. The van der Waals surface area contributed by atoms with E-state index in [1.807, 2.05) is 0 Å². The highest BCUT2D eigenvalue weighted by Crippen LogP contribution is 2.53. The Morgan fingerprint density at radius 2 is 1.29 bits per heavy atom. The zero-order valence-corrected chi connectivity index (χ0v) is 16.6. The fourth-order valence-electron chi connectivity index (χ4n) is 7.75. The molecular formula is C24H42. The van der Waals surface area contributed by atoms with Gasteiger partial charge in [-0.15, -0.1) is 0 Å². The van der Waals surface area contributed by atoms with Gasteiger partial charge in [0.1, 0.15) is 0 Å². The molecule has 6 atom stereocenters. The molecule has 0 N–H and O–H groups in total. The van der Waals surface area contributed by atoms with Crippen LogP contribution in [0.4, 0.5) is 0 Å². The van der Waals surface area contributed by atoms with Crippen LogP contribution in [0.1, 0.15) is 110 Å². The van der Waals surface area contributed by atoms with Crippen molar-refractivity contribution in [1.29, 1.82) is 0 Å². The number of hydrogen-bond donors (Lipinski definition) is 0. The van der Waals surface area contributed by atoms with Gasteiger partial charge in [-0.05, 0) is 73.0 Å². The predicted molar refractivity (Wildman–Crippen MR) is 104 cm³/mol. The topological polar surface area (TPSA) is 0 Å². The average Bonchev–Trinajstić information content (AvgIpc) is 2.61. The Kier molecular flexibility index (Phi) is 5.31. The second-order valence-corrected chi connectivity index (χ2v) is 10.9. The molecule has 0 bridgehead atoms. The third-order valence-electron chi connectivity index (χ3n) is 9.16. The van der Waals surface area contributed by atoms with Crippen molar-refractivity contribution >= 4 is 0 Å². The molecule has 0 heteroatoms. The van der Waals surface area contributed by atoms with Crippen LogP contribution in [0.3, 0.4) is 0 Å². The molecule has 24 heavy (non-hydrogen) atoms. The van der Waals surface area contributed by atoms with Crippen LogP contribution in [0.25, 0.3) is 0 Å². The van der Waals surface area contributed by atoms with Gasteiger partial charge in [-0.1, -0.05) is 78.1 Å². The molecule has 0 amide bonds. The van der Waals surface area contributed by atoms with E-state index in [1.54, 1.807) is 64.2 Å². The van der Waals surface area contributed by atoms with Crippen molar-refractivity contribution < 1.29 is 0 Å². The zero-order valence-electron chi connectivity index (χ0n) is 16.6. The van der Waals surface area contributed by atoms with Gasteiger partial charge in [0.05, 0.1) is 0 Å². The van der Waals surface area contributed by atoms with Crippen LogP contribution in [0.5, 0.6) is 0 Å². The van der Waals surface area contributed by atoms with E-state index in [0.29, 0.717) is 5.41 Å². The summed E-state index contributed by atoms with van der Waals surface area (Å²) < 4.78 is 0. The largest absolute Gasteiger partial charge is 0.0596 e. The van der Waals surface area contributed by atoms with E-state index in [2.05, 4.69) is 13.8 Å². The Morgan fingerprint density at radius 1 is 0.625 bits per heavy atom. The van der Waals surface area contributed by atoms with E-state index in [-0.39, 0.29) is 0 Å². The molecule has 4 aliphatic carbocycles. The lowest BCUT2D eigenvalue weighted by Gasteiger charge is -2.49. The van der Waals surface area contributed by atoms with Crippen molar-refractivity contribution in [3.63, 3.8) is 0 Å². The van der Waals surface area contributed by atoms with Gasteiger partial charge in [0.25, 0.3) is 0 Å². The molecule has 4 aliphatic rings. The quantitative estimate of drug-likeness (QED) is 0.499. The van der Waals surface area contributed by atoms with Gasteiger partial charge < -0.3 is 0 Å². The molecule has 0 saturated heterocycles. The van der Waals surface area contributed by atoms with Crippen molar-refractivity contribution in [3.05, 3.63) is 0 Å². The van der Waals surface area contributed by atoms with E-state index < -0.39 is 0 Å². The van der Waals surface area contributed by atoms with E-state index >= 15 is 0 Å². The van der Waals surface area contributed by atoms with Crippen molar-refractivity contribution in [2.75, 3.05) is 0 Å². The maximum absolute atomic E-state index is 2.66. The van der Waals surface area contributed by atoms with Crippen LogP contribution in [-0.4, -0.2) is 0 Å². The lowest BCUT2D eigenvalue weighted by molar-refractivity contribution is 0.0162. The van der Waals surface area contributed by atoms with Crippen LogP contribution in [0.15, 0.2) is 0 Å². The van der Waals surface area contributed by atoms with E-state index in [1.165, 1.54) is 32.1 Å². The minimum absolute atomic E-state index is 0.604. The second-order valence-electron chi connectivity index (χ2n) is 10.9. The maximum Gasteiger partial charge on any atom is -0.0323 e. The zero-order chi connectivity index (χ0) is 16.6. The highest BCUT2D eigenvalue weighted by Gasteiger charge is 2.42. The monoisotopic (exact) mass is 330 g/mol. The Balaban J connectivity index is 1.39. The van der Waals surface area contributed by atoms with E-state index in [9.17, 15) is 0 Å². The van der Waals surface area contributed by atoms with E-state index in [0.717, 1.165) is 35.5 Å².